The smallest absolute Gasteiger partial charge is 0.366 e. The number of hydrogen-bond acceptors (Lipinski definition) is 5. The van der Waals surface area contributed by atoms with E-state index in [0.717, 1.165) is 0 Å². The van der Waals surface area contributed by atoms with E-state index in [1.54, 1.807) is 6.92 Å². The number of aliphatic hydroxyl groups excluding tert-OH is 1. The molecule has 5 nitrogen and oxygen atoms in total. The highest BCUT2D eigenvalue weighted by molar-refractivity contribution is 7.44. The first-order chi connectivity index (χ1) is 6.89. The number of aliphatic hydroxyl groups is 2. The summed E-state index contributed by atoms with van der Waals surface area (Å²) in [5.74, 6) is 0. The second kappa shape index (κ2) is 7.44. The van der Waals surface area contributed by atoms with Crippen LogP contribution >= 0.6 is 7.80 Å². The van der Waals surface area contributed by atoms with E-state index in [1.165, 1.54) is 6.92 Å². The highest BCUT2D eigenvalue weighted by Gasteiger charge is 2.50. The molecule has 0 saturated carbocycles. The lowest BCUT2D eigenvalue weighted by Crippen LogP contribution is -2.45. The number of rotatable bonds is 4. The Hall–Kier alpha value is 0.00494. The van der Waals surface area contributed by atoms with Crippen molar-refractivity contribution in [2.75, 3.05) is 12.5 Å². The van der Waals surface area contributed by atoms with Crippen molar-refractivity contribution >= 4 is 15.6 Å². The molecule has 0 spiro atoms. The van der Waals surface area contributed by atoms with Crippen molar-refractivity contribution < 1.29 is 24.3 Å². The zero-order valence-electron chi connectivity index (χ0n) is 8.79. The van der Waals surface area contributed by atoms with Crippen LogP contribution < -0.4 is 0 Å². The predicted molar refractivity (Wildman–Crippen MR) is 68.6 cm³/mol. The maximum atomic E-state index is 11.1. The van der Waals surface area contributed by atoms with Crippen LogP contribution in [0, 0.1) is 0 Å². The van der Waals surface area contributed by atoms with Crippen LogP contribution in [0.5, 0.6) is 0 Å². The summed E-state index contributed by atoms with van der Waals surface area (Å²) in [6.07, 6.45) is -1.75. The zero-order chi connectivity index (χ0) is 11.6. The Kier molecular flexibility index (Phi) is 8.47. The minimum absolute atomic E-state index is 0. The normalized spacial score (nSPS) is 36.9. The lowest BCUT2D eigenvalue weighted by atomic mass is 9.83. The van der Waals surface area contributed by atoms with E-state index in [2.05, 4.69) is 0 Å². The minimum atomic E-state index is -1.54. The van der Waals surface area contributed by atoms with Crippen molar-refractivity contribution in [3.05, 3.63) is 0 Å². The Morgan fingerprint density at radius 3 is 2.41 bits per heavy atom. The van der Waals surface area contributed by atoms with Gasteiger partial charge in [0.25, 0.3) is 0 Å². The summed E-state index contributed by atoms with van der Waals surface area (Å²) in [5, 5.41) is 19.3. The van der Waals surface area contributed by atoms with E-state index in [9.17, 15) is 14.8 Å². The van der Waals surface area contributed by atoms with Crippen molar-refractivity contribution in [1.82, 2.24) is 0 Å². The van der Waals surface area contributed by atoms with Gasteiger partial charge in [-0.1, -0.05) is 19.4 Å². The third-order valence-corrected chi connectivity index (χ3v) is 3.59. The molecule has 0 bridgehead atoms. The van der Waals surface area contributed by atoms with Crippen molar-refractivity contribution in [3.8, 4) is 0 Å². The molecule has 1 aliphatic rings. The van der Waals surface area contributed by atoms with Crippen LogP contribution in [0.15, 0.2) is 0 Å². The van der Waals surface area contributed by atoms with E-state index in [4.69, 9.17) is 17.3 Å². The van der Waals surface area contributed by atoms with Gasteiger partial charge in [-0.2, -0.15) is 0 Å². The maximum Gasteiger partial charge on any atom is 0.366 e. The van der Waals surface area contributed by atoms with Crippen LogP contribution in [-0.4, -0.2) is 54.6 Å². The fourth-order valence-electron chi connectivity index (χ4n) is 1.18. The van der Waals surface area contributed by atoms with Crippen LogP contribution in [0.3, 0.4) is 0 Å². The maximum absolute atomic E-state index is 11.1. The average Bonchev–Trinajstić information content (AvgIpc) is 2.38. The molecule has 5 atom stereocenters. The van der Waals surface area contributed by atoms with Gasteiger partial charge in [0.2, 0.25) is 6.35 Å². The molecule has 17 heavy (non-hydrogen) atoms. The quantitative estimate of drug-likeness (QED) is 0.586. The summed E-state index contributed by atoms with van der Waals surface area (Å²) in [6.45, 7) is 3.14. The molecule has 1 rings (SSSR count). The molecule has 5 unspecified atom stereocenters. The monoisotopic (exact) mass is 265 g/mol. The van der Waals surface area contributed by atoms with Crippen LogP contribution in [0.2, 0.25) is 0 Å². The van der Waals surface area contributed by atoms with Crippen molar-refractivity contribution in [3.63, 3.8) is 0 Å². The SMILES string of the molecule is C.C.[B]C1OC(OC[P+](=O)CC)C(O)C1(C)O. The Bertz CT molecular complexity index is 249. The molecular weight excluding hydrogens is 242 g/mol. The third-order valence-electron chi connectivity index (χ3n) is 2.45. The Morgan fingerprint density at radius 2 is 2.06 bits per heavy atom. The third kappa shape index (κ3) is 4.30. The van der Waals surface area contributed by atoms with E-state index >= 15 is 0 Å². The van der Waals surface area contributed by atoms with Gasteiger partial charge in [-0.3, -0.25) is 0 Å². The van der Waals surface area contributed by atoms with Gasteiger partial charge in [-0.05, 0) is 13.8 Å². The lowest BCUT2D eigenvalue weighted by molar-refractivity contribution is -0.148. The Labute approximate surface area is 106 Å². The van der Waals surface area contributed by atoms with Crippen LogP contribution in [0.25, 0.3) is 0 Å². The molecule has 0 amide bonds. The summed E-state index contributed by atoms with van der Waals surface area (Å²) in [4.78, 5) is 0. The van der Waals surface area contributed by atoms with Gasteiger partial charge < -0.3 is 19.7 Å². The van der Waals surface area contributed by atoms with Gasteiger partial charge in [-0.15, -0.1) is 0 Å². The second-order valence-electron chi connectivity index (χ2n) is 3.69. The Balaban J connectivity index is 0. The molecule has 0 aliphatic carbocycles. The first-order valence-corrected chi connectivity index (χ1v) is 6.37. The second-order valence-corrected chi connectivity index (χ2v) is 5.54. The predicted octanol–water partition coefficient (Wildman–Crippen LogP) is 1.04. The summed E-state index contributed by atoms with van der Waals surface area (Å²) in [7, 11) is 4.00. The lowest BCUT2D eigenvalue weighted by Gasteiger charge is -2.23. The van der Waals surface area contributed by atoms with Crippen molar-refractivity contribution in [2.45, 2.75) is 52.7 Å². The fraction of sp³-hybridized carbons (Fsp3) is 1.00. The minimum Gasteiger partial charge on any atom is -0.385 e. The van der Waals surface area contributed by atoms with Gasteiger partial charge in [0, 0.05) is 0 Å². The largest absolute Gasteiger partial charge is 0.385 e. The van der Waals surface area contributed by atoms with E-state index < -0.39 is 31.8 Å². The Morgan fingerprint density at radius 1 is 1.53 bits per heavy atom. The molecule has 1 heterocycles. The van der Waals surface area contributed by atoms with E-state index in [-0.39, 0.29) is 21.2 Å². The summed E-state index contributed by atoms with van der Waals surface area (Å²) >= 11 is 0. The van der Waals surface area contributed by atoms with Crippen molar-refractivity contribution in [1.29, 1.82) is 0 Å². The van der Waals surface area contributed by atoms with Crippen LogP contribution in [0.4, 0.5) is 0 Å². The molecule has 1 saturated heterocycles. The van der Waals surface area contributed by atoms with Crippen LogP contribution in [-0.2, 0) is 14.0 Å². The first-order valence-electron chi connectivity index (χ1n) is 4.74. The van der Waals surface area contributed by atoms with Gasteiger partial charge >= 0.3 is 7.80 Å². The average molecular weight is 265 g/mol. The van der Waals surface area contributed by atoms with E-state index in [0.29, 0.717) is 6.16 Å². The summed E-state index contributed by atoms with van der Waals surface area (Å²) in [6, 6.07) is -1.00. The highest BCUT2D eigenvalue weighted by Crippen LogP contribution is 2.31. The van der Waals surface area contributed by atoms with Gasteiger partial charge in [0.15, 0.2) is 6.29 Å². The zero-order valence-corrected chi connectivity index (χ0v) is 9.68. The van der Waals surface area contributed by atoms with E-state index in [1.807, 2.05) is 0 Å². The molecule has 1 aliphatic heterocycles. The first kappa shape index (κ1) is 19.3. The molecule has 2 N–H and O–H groups in total. The topological polar surface area (TPSA) is 76.0 Å². The van der Waals surface area contributed by atoms with Crippen molar-refractivity contribution in [2.24, 2.45) is 0 Å². The molecule has 0 aromatic heterocycles. The fourth-order valence-corrected chi connectivity index (χ4v) is 1.67. The summed E-state index contributed by atoms with van der Waals surface area (Å²) in [5.41, 5.74) is -1.54. The molecular formula is C10H23BO5P+. The van der Waals surface area contributed by atoms with Gasteiger partial charge in [-0.25, -0.2) is 0 Å². The van der Waals surface area contributed by atoms with Gasteiger partial charge in [0.05, 0.1) is 6.00 Å². The highest BCUT2D eigenvalue weighted by atomic mass is 31.1. The standard InChI is InChI=1S/C8H15BO5P.2CH4/c1-3-15(12)4-13-6-5(10)8(2,11)7(9)14-6;;/h5-7,10-11H,3-4H2,1-2H3;2*1H4/q+1;;. The van der Waals surface area contributed by atoms with Gasteiger partial charge in [0.1, 0.15) is 25.7 Å². The summed E-state index contributed by atoms with van der Waals surface area (Å²) < 4.78 is 21.2. The molecule has 2 radical (unpaired) electrons. The number of hydrogen-bond donors (Lipinski definition) is 2. The molecule has 0 aromatic carbocycles. The molecule has 7 heteroatoms. The molecule has 100 valence electrons. The number of ether oxygens (including phenoxy) is 2. The molecule has 1 fully saturated rings. The van der Waals surface area contributed by atoms with Crippen LogP contribution in [0.1, 0.15) is 28.7 Å². The molecule has 0 aromatic rings.